The number of hydrogen-bond donors (Lipinski definition) is 2. The zero-order valence-corrected chi connectivity index (χ0v) is 19.5. The average Bonchev–Trinajstić information content (AvgIpc) is 3.28. The summed E-state index contributed by atoms with van der Waals surface area (Å²) in [6, 6.07) is 25.5. The fourth-order valence-corrected chi connectivity index (χ4v) is 4.25. The number of nitrogens with one attached hydrogen (secondary N) is 1. The molecular weight excluding hydrogens is 448 g/mol. The molecule has 5 nitrogen and oxygen atoms in total. The monoisotopic (exact) mass is 472 g/mol. The predicted molar refractivity (Wildman–Crippen MR) is 134 cm³/mol. The minimum absolute atomic E-state index is 0.151. The van der Waals surface area contributed by atoms with Gasteiger partial charge in [-0.25, -0.2) is 4.79 Å². The lowest BCUT2D eigenvalue weighted by Crippen LogP contribution is -2.30. The van der Waals surface area contributed by atoms with Crippen molar-refractivity contribution in [1.29, 1.82) is 0 Å². The van der Waals surface area contributed by atoms with E-state index in [1.54, 1.807) is 24.3 Å². The van der Waals surface area contributed by atoms with Gasteiger partial charge in [0.2, 0.25) is 0 Å². The topological polar surface area (TPSA) is 71.3 Å². The first-order valence-corrected chi connectivity index (χ1v) is 11.5. The largest absolute Gasteiger partial charge is 0.465 e. The lowest BCUT2D eigenvalue weighted by molar-refractivity contribution is 0.103. The summed E-state index contributed by atoms with van der Waals surface area (Å²) in [7, 11) is 0. The quantitative estimate of drug-likeness (QED) is 0.288. The molecule has 1 atom stereocenters. The van der Waals surface area contributed by atoms with Gasteiger partial charge >= 0.3 is 6.09 Å². The number of carbonyl (C=O) groups excluding carboxylic acids is 1. The van der Waals surface area contributed by atoms with Gasteiger partial charge in [0.05, 0.1) is 11.7 Å². The Morgan fingerprint density at radius 2 is 1.62 bits per heavy atom. The number of carbonyl (C=O) groups is 2. The zero-order valence-electron chi connectivity index (χ0n) is 18.7. The molecule has 2 N–H and O–H groups in total. The van der Waals surface area contributed by atoms with Crippen LogP contribution in [0, 0.1) is 0 Å². The van der Waals surface area contributed by atoms with Crippen LogP contribution in [0.4, 0.5) is 4.79 Å². The van der Waals surface area contributed by atoms with Crippen LogP contribution >= 0.6 is 11.6 Å². The van der Waals surface area contributed by atoms with Gasteiger partial charge < -0.3 is 15.0 Å². The number of halogens is 1. The fourth-order valence-electron chi connectivity index (χ4n) is 4.08. The van der Waals surface area contributed by atoms with Crippen LogP contribution in [0.5, 0.6) is 0 Å². The van der Waals surface area contributed by atoms with E-state index < -0.39 is 12.1 Å². The Hall–Kier alpha value is -3.83. The predicted octanol–water partition coefficient (Wildman–Crippen LogP) is 6.48. The van der Waals surface area contributed by atoms with Gasteiger partial charge in [-0.05, 0) is 48.2 Å². The fraction of sp³-hybridized carbons (Fsp3) is 0.143. The van der Waals surface area contributed by atoms with Gasteiger partial charge in [-0.1, -0.05) is 79.2 Å². The lowest BCUT2D eigenvalue weighted by Gasteiger charge is -2.21. The van der Waals surface area contributed by atoms with E-state index in [0.717, 1.165) is 23.2 Å². The molecule has 172 valence electrons. The molecule has 1 unspecified atom stereocenters. The number of carboxylic acid groups (broad SMARTS) is 1. The average molecular weight is 473 g/mol. The van der Waals surface area contributed by atoms with E-state index in [1.807, 2.05) is 78.4 Å². The van der Waals surface area contributed by atoms with Crippen molar-refractivity contribution < 1.29 is 14.7 Å². The first kappa shape index (κ1) is 23.3. The molecule has 1 aromatic heterocycles. The Bertz CT molecular complexity index is 1300. The van der Waals surface area contributed by atoms with Crippen LogP contribution in [0.15, 0.2) is 91.1 Å². The maximum Gasteiger partial charge on any atom is 0.405 e. The molecule has 3 aromatic carbocycles. The van der Waals surface area contributed by atoms with E-state index in [4.69, 9.17) is 11.6 Å². The smallest absolute Gasteiger partial charge is 0.405 e. The normalized spacial score (nSPS) is 11.7. The summed E-state index contributed by atoms with van der Waals surface area (Å²) in [6.07, 6.45) is 2.08. The Kier molecular flexibility index (Phi) is 7.14. The van der Waals surface area contributed by atoms with Gasteiger partial charge in [0.25, 0.3) is 0 Å². The third kappa shape index (κ3) is 5.21. The molecule has 0 bridgehead atoms. The minimum atomic E-state index is -1.11. The molecule has 0 aliphatic carbocycles. The molecule has 4 aromatic rings. The number of aryl methyl sites for hydroxylation is 1. The van der Waals surface area contributed by atoms with Crippen molar-refractivity contribution in [3.8, 4) is 5.69 Å². The lowest BCUT2D eigenvalue weighted by atomic mass is 10.00. The number of nitrogens with zero attached hydrogens (tertiary/aromatic N) is 1. The van der Waals surface area contributed by atoms with Crippen molar-refractivity contribution in [2.24, 2.45) is 0 Å². The van der Waals surface area contributed by atoms with Crippen molar-refractivity contribution in [2.45, 2.75) is 25.8 Å². The van der Waals surface area contributed by atoms with Crippen LogP contribution in [0.25, 0.3) is 5.69 Å². The molecule has 6 heteroatoms. The first-order valence-electron chi connectivity index (χ1n) is 11.1. The third-order valence-electron chi connectivity index (χ3n) is 5.75. The molecular formula is C28H25ClN2O3. The SMILES string of the molecule is CCc1cc(C(Cc2ccccc2)NC(=O)O)n(-c2ccc(Cl)cc2C(=O)c2ccccc2)c1. The Labute approximate surface area is 203 Å². The standard InChI is InChI=1S/C28H25ClN2O3/c1-2-19-16-26(24(30-28(33)34)15-20-9-5-3-6-10-20)31(18-19)25-14-13-22(29)17-23(25)27(32)21-11-7-4-8-12-21/h3-14,16-18,24,30H,2,15H2,1H3,(H,33,34). The maximum atomic E-state index is 13.4. The molecule has 0 spiro atoms. The first-order chi connectivity index (χ1) is 16.5. The highest BCUT2D eigenvalue weighted by atomic mass is 35.5. The van der Waals surface area contributed by atoms with Crippen molar-refractivity contribution in [1.82, 2.24) is 9.88 Å². The molecule has 0 radical (unpaired) electrons. The van der Waals surface area contributed by atoms with Crippen molar-refractivity contribution in [2.75, 3.05) is 0 Å². The molecule has 0 aliphatic rings. The van der Waals surface area contributed by atoms with Gasteiger partial charge in [0.15, 0.2) is 5.78 Å². The van der Waals surface area contributed by atoms with Gasteiger partial charge in [0.1, 0.15) is 0 Å². The Balaban J connectivity index is 1.85. The highest BCUT2D eigenvalue weighted by Gasteiger charge is 2.23. The minimum Gasteiger partial charge on any atom is -0.465 e. The maximum absolute atomic E-state index is 13.4. The van der Waals surface area contributed by atoms with Gasteiger partial charge in [-0.3, -0.25) is 4.79 Å². The summed E-state index contributed by atoms with van der Waals surface area (Å²) in [5.74, 6) is -0.151. The van der Waals surface area contributed by atoms with E-state index in [0.29, 0.717) is 28.3 Å². The summed E-state index contributed by atoms with van der Waals surface area (Å²) >= 11 is 6.30. The van der Waals surface area contributed by atoms with Crippen LogP contribution < -0.4 is 5.32 Å². The highest BCUT2D eigenvalue weighted by Crippen LogP contribution is 2.29. The number of ketones is 1. The van der Waals surface area contributed by atoms with Gasteiger partial charge in [0, 0.05) is 28.0 Å². The second-order valence-electron chi connectivity index (χ2n) is 8.05. The zero-order chi connectivity index (χ0) is 24.1. The summed E-state index contributed by atoms with van der Waals surface area (Å²) in [4.78, 5) is 25.1. The van der Waals surface area contributed by atoms with Crippen LogP contribution in [0.1, 0.15) is 45.7 Å². The number of benzene rings is 3. The summed E-state index contributed by atoms with van der Waals surface area (Å²) in [5, 5.41) is 12.7. The number of amides is 1. The van der Waals surface area contributed by atoms with Gasteiger partial charge in [-0.15, -0.1) is 0 Å². The highest BCUT2D eigenvalue weighted by molar-refractivity contribution is 6.31. The van der Waals surface area contributed by atoms with E-state index in [1.165, 1.54) is 0 Å². The van der Waals surface area contributed by atoms with Crippen molar-refractivity contribution in [3.05, 3.63) is 124 Å². The third-order valence-corrected chi connectivity index (χ3v) is 5.99. The molecule has 1 amide bonds. The summed E-state index contributed by atoms with van der Waals surface area (Å²) < 4.78 is 1.91. The Morgan fingerprint density at radius 1 is 0.941 bits per heavy atom. The second kappa shape index (κ2) is 10.4. The molecule has 0 saturated heterocycles. The van der Waals surface area contributed by atoms with Crippen LogP contribution in [-0.2, 0) is 12.8 Å². The molecule has 1 heterocycles. The second-order valence-corrected chi connectivity index (χ2v) is 8.48. The summed E-state index contributed by atoms with van der Waals surface area (Å²) in [6.45, 7) is 2.04. The molecule has 4 rings (SSSR count). The Morgan fingerprint density at radius 3 is 2.26 bits per heavy atom. The van der Waals surface area contributed by atoms with E-state index in [2.05, 4.69) is 5.32 Å². The van der Waals surface area contributed by atoms with Gasteiger partial charge in [-0.2, -0.15) is 0 Å². The summed E-state index contributed by atoms with van der Waals surface area (Å²) in [5.41, 5.74) is 4.45. The van der Waals surface area contributed by atoms with Crippen LogP contribution in [0.3, 0.4) is 0 Å². The molecule has 0 aliphatic heterocycles. The van der Waals surface area contributed by atoms with E-state index >= 15 is 0 Å². The number of hydrogen-bond acceptors (Lipinski definition) is 2. The molecule has 34 heavy (non-hydrogen) atoms. The van der Waals surface area contributed by atoms with Crippen LogP contribution in [0.2, 0.25) is 5.02 Å². The number of aromatic nitrogens is 1. The van der Waals surface area contributed by atoms with Crippen LogP contribution in [-0.4, -0.2) is 21.6 Å². The van der Waals surface area contributed by atoms with Crippen molar-refractivity contribution in [3.63, 3.8) is 0 Å². The van der Waals surface area contributed by atoms with E-state index in [-0.39, 0.29) is 5.78 Å². The van der Waals surface area contributed by atoms with E-state index in [9.17, 15) is 14.7 Å². The number of rotatable bonds is 8. The molecule has 0 fully saturated rings. The molecule has 0 saturated carbocycles. The van der Waals surface area contributed by atoms with Crippen molar-refractivity contribution >= 4 is 23.5 Å².